The monoisotopic (exact) mass is 560 g/mol. The average molecular weight is 563 g/mol. The normalized spacial score (nSPS) is 10.7. The van der Waals surface area contributed by atoms with E-state index < -0.39 is 0 Å². The lowest BCUT2D eigenvalue weighted by atomic mass is 10.3. The molecule has 1 amide bonds. The molecule has 6 nitrogen and oxygen atoms in total. The van der Waals surface area contributed by atoms with Crippen molar-refractivity contribution in [2.75, 3.05) is 11.1 Å². The third kappa shape index (κ3) is 6.63. The zero-order valence-electron chi connectivity index (χ0n) is 15.9. The number of carbonyl (C=O) groups is 1. The van der Waals surface area contributed by atoms with Gasteiger partial charge in [0, 0.05) is 11.0 Å². The number of rotatable bonds is 9. The molecule has 0 atom stereocenters. The predicted octanol–water partition coefficient (Wildman–Crippen LogP) is 6.50. The third-order valence-electron chi connectivity index (χ3n) is 3.90. The third-order valence-corrected chi connectivity index (χ3v) is 6.43. The number of hydrogen-bond donors (Lipinski definition) is 1. The lowest BCUT2D eigenvalue weighted by Gasteiger charge is -2.10. The summed E-state index contributed by atoms with van der Waals surface area (Å²) in [6, 6.07) is 10.5. The highest BCUT2D eigenvalue weighted by atomic mass is 79.9. The first-order valence-corrected chi connectivity index (χ1v) is 11.8. The molecule has 11 heteroatoms. The molecule has 0 spiro atoms. The van der Waals surface area contributed by atoms with Gasteiger partial charge < -0.3 is 10.1 Å². The molecule has 0 unspecified atom stereocenters. The van der Waals surface area contributed by atoms with Crippen molar-refractivity contribution < 1.29 is 9.53 Å². The number of hydrogen-bond acceptors (Lipinski definition) is 5. The molecule has 0 aliphatic carbocycles. The maximum absolute atomic E-state index is 12.4. The van der Waals surface area contributed by atoms with E-state index in [0.29, 0.717) is 44.0 Å². The number of anilines is 1. The molecule has 0 radical (unpaired) electrons. The molecule has 3 aromatic rings. The van der Waals surface area contributed by atoms with Gasteiger partial charge in [-0.2, -0.15) is 0 Å². The first-order chi connectivity index (χ1) is 14.9. The molecule has 1 aromatic heterocycles. The molecule has 162 valence electrons. The smallest absolute Gasteiger partial charge is 0.234 e. The minimum absolute atomic E-state index is 0.0966. The minimum atomic E-state index is -0.272. The number of ether oxygens (including phenoxy) is 1. The Bertz CT molecular complexity index is 1090. The van der Waals surface area contributed by atoms with Crippen molar-refractivity contribution in [2.24, 2.45) is 0 Å². The van der Waals surface area contributed by atoms with Gasteiger partial charge in [-0.05, 0) is 36.4 Å². The number of thioether (sulfide) groups is 1. The van der Waals surface area contributed by atoms with Crippen molar-refractivity contribution >= 4 is 74.1 Å². The van der Waals surface area contributed by atoms with Gasteiger partial charge >= 0.3 is 0 Å². The predicted molar refractivity (Wildman–Crippen MR) is 130 cm³/mol. The Kier molecular flexibility index (Phi) is 8.68. The molecule has 0 bridgehead atoms. The lowest BCUT2D eigenvalue weighted by molar-refractivity contribution is -0.113. The topological polar surface area (TPSA) is 69.0 Å². The highest BCUT2D eigenvalue weighted by Gasteiger charge is 2.15. The molecule has 1 N–H and O–H groups in total. The van der Waals surface area contributed by atoms with Gasteiger partial charge in [0.15, 0.2) is 11.0 Å². The van der Waals surface area contributed by atoms with Gasteiger partial charge in [0.1, 0.15) is 12.4 Å². The molecule has 1 heterocycles. The van der Waals surface area contributed by atoms with Crippen molar-refractivity contribution in [3.8, 4) is 5.75 Å². The SMILES string of the molecule is C=CCn1c(COc2ccc(Br)cc2)nnc1SCC(=O)Nc1cc(Cl)c(Cl)cc1Cl. The van der Waals surface area contributed by atoms with Gasteiger partial charge in [0.2, 0.25) is 5.91 Å². The van der Waals surface area contributed by atoms with Crippen LogP contribution in [0.2, 0.25) is 15.1 Å². The lowest BCUT2D eigenvalue weighted by Crippen LogP contribution is -2.15. The first-order valence-electron chi connectivity index (χ1n) is 8.86. The van der Waals surface area contributed by atoms with Crippen LogP contribution in [0, 0.1) is 0 Å². The molecule has 0 saturated heterocycles. The van der Waals surface area contributed by atoms with Crippen LogP contribution < -0.4 is 10.1 Å². The van der Waals surface area contributed by atoms with E-state index in [0.717, 1.165) is 4.47 Å². The van der Waals surface area contributed by atoms with Crippen molar-refractivity contribution in [1.82, 2.24) is 14.8 Å². The number of carbonyl (C=O) groups excluding carboxylic acids is 1. The molecular weight excluding hydrogens is 547 g/mol. The number of halogens is 4. The van der Waals surface area contributed by atoms with E-state index in [1.165, 1.54) is 23.9 Å². The van der Waals surface area contributed by atoms with Crippen LogP contribution in [0.15, 0.2) is 58.7 Å². The molecule has 0 saturated carbocycles. The van der Waals surface area contributed by atoms with Crippen molar-refractivity contribution in [2.45, 2.75) is 18.3 Å². The van der Waals surface area contributed by atoms with E-state index >= 15 is 0 Å². The van der Waals surface area contributed by atoms with E-state index in [1.807, 2.05) is 28.8 Å². The maximum Gasteiger partial charge on any atom is 0.234 e. The molecule has 0 fully saturated rings. The largest absolute Gasteiger partial charge is 0.486 e. The van der Waals surface area contributed by atoms with Gasteiger partial charge in [-0.15, -0.1) is 16.8 Å². The molecule has 0 aliphatic rings. The number of benzene rings is 2. The van der Waals surface area contributed by atoms with Crippen molar-refractivity contribution in [1.29, 1.82) is 0 Å². The molecule has 0 aliphatic heterocycles. The fourth-order valence-electron chi connectivity index (χ4n) is 2.46. The van der Waals surface area contributed by atoms with Gasteiger partial charge in [-0.1, -0.05) is 68.6 Å². The van der Waals surface area contributed by atoms with Crippen LogP contribution in [-0.4, -0.2) is 26.4 Å². The van der Waals surface area contributed by atoms with Crippen LogP contribution in [0.4, 0.5) is 5.69 Å². The average Bonchev–Trinajstić information content (AvgIpc) is 3.12. The van der Waals surface area contributed by atoms with Crippen LogP contribution in [0.1, 0.15) is 5.82 Å². The number of nitrogens with one attached hydrogen (secondary N) is 1. The van der Waals surface area contributed by atoms with Gasteiger partial charge in [-0.25, -0.2) is 0 Å². The second-order valence-corrected chi connectivity index (χ2v) is 9.20. The summed E-state index contributed by atoms with van der Waals surface area (Å²) in [5.74, 6) is 1.16. The number of nitrogens with zero attached hydrogens (tertiary/aromatic N) is 3. The summed E-state index contributed by atoms with van der Waals surface area (Å²) in [5.41, 5.74) is 0.387. The Hall–Kier alpha value is -1.71. The standard InChI is InChI=1S/C20H16BrCl3N4O2S/c1-2-7-28-18(10-30-13-5-3-12(21)4-6-13)26-27-20(28)31-11-19(29)25-17-9-15(23)14(22)8-16(17)24/h2-6,8-9H,1,7,10-11H2,(H,25,29). The van der Waals surface area contributed by atoms with E-state index in [-0.39, 0.29) is 18.3 Å². The van der Waals surface area contributed by atoms with Crippen molar-refractivity contribution in [3.05, 3.63) is 74.4 Å². The zero-order valence-corrected chi connectivity index (χ0v) is 20.6. The Balaban J connectivity index is 1.63. The summed E-state index contributed by atoms with van der Waals surface area (Å²) >= 11 is 22.6. The fraction of sp³-hybridized carbons (Fsp3) is 0.150. The first kappa shape index (κ1) is 23.9. The van der Waals surface area contributed by atoms with E-state index in [1.54, 1.807) is 6.08 Å². The van der Waals surface area contributed by atoms with Crippen LogP contribution >= 0.6 is 62.5 Å². The Morgan fingerprint density at radius 3 is 2.58 bits per heavy atom. The van der Waals surface area contributed by atoms with E-state index in [4.69, 9.17) is 39.5 Å². The summed E-state index contributed by atoms with van der Waals surface area (Å²) < 4.78 is 8.59. The summed E-state index contributed by atoms with van der Waals surface area (Å²) in [5, 5.41) is 12.6. The summed E-state index contributed by atoms with van der Waals surface area (Å²) in [6.07, 6.45) is 1.73. The number of amides is 1. The number of aromatic nitrogens is 3. The summed E-state index contributed by atoms with van der Waals surface area (Å²) in [6.45, 7) is 4.48. The summed E-state index contributed by atoms with van der Waals surface area (Å²) in [7, 11) is 0. The minimum Gasteiger partial charge on any atom is -0.486 e. The summed E-state index contributed by atoms with van der Waals surface area (Å²) in [4.78, 5) is 12.4. The van der Waals surface area contributed by atoms with Gasteiger partial charge in [0.25, 0.3) is 0 Å². The Labute approximate surface area is 207 Å². The van der Waals surface area contributed by atoms with E-state index in [9.17, 15) is 4.79 Å². The molecule has 2 aromatic carbocycles. The molecule has 31 heavy (non-hydrogen) atoms. The quantitative estimate of drug-likeness (QED) is 0.183. The van der Waals surface area contributed by atoms with Gasteiger partial charge in [-0.3, -0.25) is 9.36 Å². The van der Waals surface area contributed by atoms with Crippen LogP contribution in [-0.2, 0) is 17.9 Å². The van der Waals surface area contributed by atoms with Crippen LogP contribution in [0.25, 0.3) is 0 Å². The maximum atomic E-state index is 12.4. The molecule has 3 rings (SSSR count). The Morgan fingerprint density at radius 2 is 1.87 bits per heavy atom. The van der Waals surface area contributed by atoms with Crippen LogP contribution in [0.5, 0.6) is 5.75 Å². The number of allylic oxidation sites excluding steroid dienone is 1. The second-order valence-electron chi connectivity index (χ2n) is 6.12. The highest BCUT2D eigenvalue weighted by Crippen LogP contribution is 2.32. The fourth-order valence-corrected chi connectivity index (χ4v) is 4.08. The second kappa shape index (κ2) is 11.2. The highest BCUT2D eigenvalue weighted by molar-refractivity contribution is 9.10. The Morgan fingerprint density at radius 1 is 1.16 bits per heavy atom. The zero-order chi connectivity index (χ0) is 22.4. The van der Waals surface area contributed by atoms with Gasteiger partial charge in [0.05, 0.1) is 26.5 Å². The molecular formula is C20H16BrCl3N4O2S. The van der Waals surface area contributed by atoms with E-state index in [2.05, 4.69) is 38.0 Å². The van der Waals surface area contributed by atoms with Crippen molar-refractivity contribution in [3.63, 3.8) is 0 Å². The van der Waals surface area contributed by atoms with Crippen LogP contribution in [0.3, 0.4) is 0 Å².